The second kappa shape index (κ2) is 4.41. The summed E-state index contributed by atoms with van der Waals surface area (Å²) < 4.78 is 24.4. The lowest BCUT2D eigenvalue weighted by molar-refractivity contribution is 0.501. The predicted molar refractivity (Wildman–Crippen MR) is 45.3 cm³/mol. The minimum absolute atomic E-state index is 0.00212. The Balaban J connectivity index is 2.81. The van der Waals surface area contributed by atoms with Crippen molar-refractivity contribution in [3.8, 4) is 6.19 Å². The molecule has 0 bridgehead atoms. The van der Waals surface area contributed by atoms with Crippen LogP contribution in [0.1, 0.15) is 0 Å². The second-order valence-corrected chi connectivity index (χ2v) is 2.42. The lowest BCUT2D eigenvalue weighted by Crippen LogP contribution is -2.18. The van der Waals surface area contributed by atoms with Crippen LogP contribution in [-0.4, -0.2) is 13.2 Å². The number of anilines is 1. The summed E-state index contributed by atoms with van der Waals surface area (Å²) in [7, 11) is 0. The third-order valence-corrected chi connectivity index (χ3v) is 1.57. The van der Waals surface area contributed by atoms with Crippen LogP contribution in [0.3, 0.4) is 0 Å². The summed E-state index contributed by atoms with van der Waals surface area (Å²) in [5.41, 5.74) is 0.501. The molecule has 0 heterocycles. The minimum Gasteiger partial charge on any atom is -0.277 e. The first-order valence-electron chi connectivity index (χ1n) is 3.76. The summed E-state index contributed by atoms with van der Waals surface area (Å²) in [5, 5.41) is 8.60. The molecule has 1 rings (SSSR count). The van der Waals surface area contributed by atoms with Gasteiger partial charge in [-0.3, -0.25) is 4.90 Å². The fourth-order valence-electron chi connectivity index (χ4n) is 0.942. The topological polar surface area (TPSA) is 27.0 Å². The Bertz CT molecular complexity index is 302. The van der Waals surface area contributed by atoms with Gasteiger partial charge in [-0.05, 0) is 24.3 Å². The van der Waals surface area contributed by atoms with E-state index in [1.54, 1.807) is 0 Å². The van der Waals surface area contributed by atoms with Gasteiger partial charge in [-0.1, -0.05) is 0 Å². The Morgan fingerprint density at radius 1 is 1.31 bits per heavy atom. The molecule has 68 valence electrons. The zero-order valence-electron chi connectivity index (χ0n) is 6.87. The third-order valence-electron chi connectivity index (χ3n) is 1.57. The highest BCUT2D eigenvalue weighted by atomic mass is 19.1. The van der Waals surface area contributed by atoms with E-state index in [-0.39, 0.29) is 12.4 Å². The Morgan fingerprint density at radius 3 is 2.38 bits per heavy atom. The molecule has 4 heteroatoms. The normalized spacial score (nSPS) is 9.31. The fraction of sp³-hybridized carbons (Fsp3) is 0.222. The van der Waals surface area contributed by atoms with E-state index < -0.39 is 6.67 Å². The maximum absolute atomic E-state index is 12.5. The van der Waals surface area contributed by atoms with Crippen molar-refractivity contribution in [3.05, 3.63) is 30.1 Å². The Kier molecular flexibility index (Phi) is 3.21. The highest BCUT2D eigenvalue weighted by Gasteiger charge is 2.03. The van der Waals surface area contributed by atoms with Crippen LogP contribution in [0.4, 0.5) is 14.5 Å². The van der Waals surface area contributed by atoms with Gasteiger partial charge < -0.3 is 0 Å². The number of hydrogen-bond donors (Lipinski definition) is 0. The van der Waals surface area contributed by atoms with Crippen LogP contribution >= 0.6 is 0 Å². The zero-order valence-corrected chi connectivity index (χ0v) is 6.87. The molecule has 0 spiro atoms. The van der Waals surface area contributed by atoms with Gasteiger partial charge in [-0.25, -0.2) is 8.78 Å². The highest BCUT2D eigenvalue weighted by molar-refractivity contribution is 5.49. The van der Waals surface area contributed by atoms with Crippen molar-refractivity contribution in [3.63, 3.8) is 0 Å². The maximum Gasteiger partial charge on any atom is 0.184 e. The summed E-state index contributed by atoms with van der Waals surface area (Å²) in [4.78, 5) is 1.17. The van der Waals surface area contributed by atoms with Crippen molar-refractivity contribution in [2.75, 3.05) is 18.1 Å². The second-order valence-electron chi connectivity index (χ2n) is 2.42. The van der Waals surface area contributed by atoms with Gasteiger partial charge >= 0.3 is 0 Å². The molecule has 0 aromatic heterocycles. The van der Waals surface area contributed by atoms with Gasteiger partial charge in [-0.2, -0.15) is 5.26 Å². The number of hydrogen-bond acceptors (Lipinski definition) is 2. The molecule has 0 aliphatic heterocycles. The van der Waals surface area contributed by atoms with Crippen molar-refractivity contribution < 1.29 is 8.78 Å². The Labute approximate surface area is 75.0 Å². The van der Waals surface area contributed by atoms with Crippen molar-refractivity contribution in [2.45, 2.75) is 0 Å². The number of rotatable bonds is 3. The maximum atomic E-state index is 12.5. The molecule has 0 saturated heterocycles. The molecule has 0 aliphatic carbocycles. The zero-order chi connectivity index (χ0) is 9.68. The van der Waals surface area contributed by atoms with E-state index in [1.165, 1.54) is 29.2 Å². The van der Waals surface area contributed by atoms with Gasteiger partial charge in [0, 0.05) is 0 Å². The van der Waals surface area contributed by atoms with Crippen LogP contribution in [0.2, 0.25) is 0 Å². The number of alkyl halides is 1. The van der Waals surface area contributed by atoms with Crippen molar-refractivity contribution in [2.24, 2.45) is 0 Å². The molecule has 0 unspecified atom stereocenters. The minimum atomic E-state index is -0.606. The summed E-state index contributed by atoms with van der Waals surface area (Å²) >= 11 is 0. The van der Waals surface area contributed by atoms with Gasteiger partial charge in [0.15, 0.2) is 6.19 Å². The summed E-state index contributed by atoms with van der Waals surface area (Å²) in [6.45, 7) is -0.604. The molecule has 13 heavy (non-hydrogen) atoms. The molecule has 0 aliphatic rings. The summed E-state index contributed by atoms with van der Waals surface area (Å²) in [6.07, 6.45) is 1.81. The number of nitriles is 1. The number of halogens is 2. The first-order valence-corrected chi connectivity index (χ1v) is 3.76. The van der Waals surface area contributed by atoms with Crippen LogP contribution in [0, 0.1) is 17.3 Å². The molecule has 1 aromatic rings. The average Bonchev–Trinajstić information content (AvgIpc) is 2.16. The summed E-state index contributed by atoms with van der Waals surface area (Å²) in [5.74, 6) is -0.373. The van der Waals surface area contributed by atoms with E-state index in [4.69, 9.17) is 5.26 Å². The lowest BCUT2D eigenvalue weighted by Gasteiger charge is -2.12. The average molecular weight is 182 g/mol. The molecule has 0 amide bonds. The highest BCUT2D eigenvalue weighted by Crippen LogP contribution is 2.13. The monoisotopic (exact) mass is 182 g/mol. The van der Waals surface area contributed by atoms with Gasteiger partial charge in [0.05, 0.1) is 12.2 Å². The molecule has 0 radical (unpaired) electrons. The molecule has 0 N–H and O–H groups in total. The first kappa shape index (κ1) is 9.46. The number of benzene rings is 1. The predicted octanol–water partition coefficient (Wildman–Crippen LogP) is 2.08. The van der Waals surface area contributed by atoms with Crippen LogP contribution in [0.25, 0.3) is 0 Å². The first-order chi connectivity index (χ1) is 6.27. The van der Waals surface area contributed by atoms with E-state index in [9.17, 15) is 8.78 Å². The van der Waals surface area contributed by atoms with E-state index in [0.717, 1.165) is 0 Å². The molecule has 2 nitrogen and oxygen atoms in total. The van der Waals surface area contributed by atoms with Gasteiger partial charge in [0.2, 0.25) is 0 Å². The fourth-order valence-corrected chi connectivity index (χ4v) is 0.942. The Morgan fingerprint density at radius 2 is 1.92 bits per heavy atom. The van der Waals surface area contributed by atoms with Crippen molar-refractivity contribution in [1.29, 1.82) is 5.26 Å². The third kappa shape index (κ3) is 2.41. The smallest absolute Gasteiger partial charge is 0.184 e. The molecular weight excluding hydrogens is 174 g/mol. The van der Waals surface area contributed by atoms with Gasteiger partial charge in [0.25, 0.3) is 0 Å². The SMILES string of the molecule is N#CN(CCF)c1ccc(F)cc1. The van der Waals surface area contributed by atoms with Crippen molar-refractivity contribution in [1.82, 2.24) is 0 Å². The molecule has 0 atom stereocenters. The van der Waals surface area contributed by atoms with Gasteiger partial charge in [-0.15, -0.1) is 0 Å². The quantitative estimate of drug-likeness (QED) is 0.528. The molecule has 1 aromatic carbocycles. The Hall–Kier alpha value is -1.63. The summed E-state index contributed by atoms with van der Waals surface area (Å²) in [6, 6.07) is 5.35. The van der Waals surface area contributed by atoms with Crippen LogP contribution in [0.15, 0.2) is 24.3 Å². The van der Waals surface area contributed by atoms with E-state index in [1.807, 2.05) is 6.19 Å². The van der Waals surface area contributed by atoms with Crippen LogP contribution in [-0.2, 0) is 0 Å². The number of nitrogens with zero attached hydrogens (tertiary/aromatic N) is 2. The molecule has 0 saturated carbocycles. The van der Waals surface area contributed by atoms with Crippen molar-refractivity contribution >= 4 is 5.69 Å². The standard InChI is InChI=1S/C9H8F2N2/c10-5-6-13(7-12)9-3-1-8(11)2-4-9/h1-4H,5-6H2. The van der Waals surface area contributed by atoms with Gasteiger partial charge in [0.1, 0.15) is 12.5 Å². The lowest BCUT2D eigenvalue weighted by atomic mass is 10.3. The van der Waals surface area contributed by atoms with E-state index >= 15 is 0 Å². The largest absolute Gasteiger partial charge is 0.277 e. The van der Waals surface area contributed by atoms with E-state index in [0.29, 0.717) is 5.69 Å². The van der Waals surface area contributed by atoms with Crippen LogP contribution < -0.4 is 4.90 Å². The molecular formula is C9H8F2N2. The van der Waals surface area contributed by atoms with Crippen LogP contribution in [0.5, 0.6) is 0 Å². The van der Waals surface area contributed by atoms with E-state index in [2.05, 4.69) is 0 Å². The molecule has 0 fully saturated rings.